The molecule has 0 atom stereocenters. The molecule has 0 bridgehead atoms. The molecule has 202 valence electrons. The number of aryl methyl sites for hydroxylation is 1. The van der Waals surface area contributed by atoms with Gasteiger partial charge in [-0.1, -0.05) is 133 Å². The summed E-state index contributed by atoms with van der Waals surface area (Å²) in [6.45, 7) is 2.25. The lowest BCUT2D eigenvalue weighted by Gasteiger charge is -2.17. The molecule has 0 saturated carbocycles. The summed E-state index contributed by atoms with van der Waals surface area (Å²) in [7, 11) is 0. The maximum atomic E-state index is 7.02. The zero-order valence-electron chi connectivity index (χ0n) is 23.6. The highest BCUT2D eigenvalue weighted by molar-refractivity contribution is 6.16. The highest BCUT2D eigenvalue weighted by Gasteiger charge is 2.14. The number of fused-ring (bicyclic) bond motifs is 3. The van der Waals surface area contributed by atoms with Crippen LogP contribution in [-0.4, -0.2) is 6.21 Å². The van der Waals surface area contributed by atoms with Crippen molar-refractivity contribution in [1.29, 1.82) is 5.41 Å². The van der Waals surface area contributed by atoms with Crippen molar-refractivity contribution >= 4 is 44.1 Å². The fourth-order valence-electron chi connectivity index (χ4n) is 5.72. The first-order valence-electron chi connectivity index (χ1n) is 14.2. The van der Waals surface area contributed by atoms with Gasteiger partial charge in [-0.25, -0.2) is 0 Å². The summed E-state index contributed by atoms with van der Waals surface area (Å²) in [6.07, 6.45) is 2.68. The molecule has 42 heavy (non-hydrogen) atoms. The van der Waals surface area contributed by atoms with Gasteiger partial charge in [0.25, 0.3) is 0 Å². The lowest BCUT2D eigenvalue weighted by atomic mass is 9.87. The first kappa shape index (κ1) is 26.7. The number of benzene rings is 7. The first-order valence-corrected chi connectivity index (χ1v) is 14.2. The molecule has 0 aliphatic rings. The average Bonchev–Trinajstić information content (AvgIpc) is 3.06. The van der Waals surface area contributed by atoms with Gasteiger partial charge in [-0.05, 0) is 84.8 Å². The first-order chi connectivity index (χ1) is 20.7. The van der Waals surface area contributed by atoms with E-state index in [-0.39, 0.29) is 0 Å². The minimum atomic E-state index is 0.741. The van der Waals surface area contributed by atoms with Crippen LogP contribution in [0.5, 0.6) is 0 Å². The molecule has 2 heteroatoms. The molecule has 0 aromatic heterocycles. The third-order valence-electron chi connectivity index (χ3n) is 7.88. The molecule has 0 saturated heterocycles. The summed E-state index contributed by atoms with van der Waals surface area (Å²) in [4.78, 5) is 0. The van der Waals surface area contributed by atoms with E-state index in [9.17, 15) is 0 Å². The monoisotopic (exact) mass is 540 g/mol. The molecular formula is C40H32N2. The Morgan fingerprint density at radius 3 is 1.83 bits per heavy atom. The lowest BCUT2D eigenvalue weighted by Crippen LogP contribution is -1.90. The molecule has 7 aromatic rings. The van der Waals surface area contributed by atoms with Gasteiger partial charge in [0.05, 0.1) is 0 Å². The van der Waals surface area contributed by atoms with Gasteiger partial charge in [0.1, 0.15) is 0 Å². The highest BCUT2D eigenvalue weighted by atomic mass is 14.5. The van der Waals surface area contributed by atoms with E-state index >= 15 is 0 Å². The van der Waals surface area contributed by atoms with Gasteiger partial charge >= 0.3 is 0 Å². The van der Waals surface area contributed by atoms with Crippen molar-refractivity contribution in [3.63, 3.8) is 0 Å². The summed E-state index contributed by atoms with van der Waals surface area (Å²) in [5.41, 5.74) is 13.5. The molecule has 0 unspecified atom stereocenters. The Bertz CT molecular complexity index is 2060. The van der Waals surface area contributed by atoms with E-state index in [1.807, 2.05) is 30.3 Å². The van der Waals surface area contributed by atoms with Crippen LogP contribution in [0.15, 0.2) is 152 Å². The Kier molecular flexibility index (Phi) is 7.61. The molecule has 0 aliphatic heterocycles. The molecule has 0 aliphatic carbocycles. The number of rotatable bonds is 4. The molecule has 0 fully saturated rings. The summed E-state index contributed by atoms with van der Waals surface area (Å²) >= 11 is 0. The largest absolute Gasteiger partial charge is 0.404 e. The Morgan fingerprint density at radius 2 is 1.12 bits per heavy atom. The van der Waals surface area contributed by atoms with Crippen LogP contribution in [0.1, 0.15) is 11.1 Å². The van der Waals surface area contributed by atoms with Gasteiger partial charge in [-0.2, -0.15) is 0 Å². The second kappa shape index (κ2) is 12.0. The van der Waals surface area contributed by atoms with E-state index in [1.54, 1.807) is 0 Å². The van der Waals surface area contributed by atoms with Crippen LogP contribution in [0, 0.1) is 12.3 Å². The van der Waals surface area contributed by atoms with Crippen molar-refractivity contribution in [2.75, 3.05) is 0 Å². The molecule has 2 nitrogen and oxygen atoms in total. The predicted octanol–water partition coefficient (Wildman–Crippen LogP) is 10.4. The maximum Gasteiger partial charge on any atom is 0.0270 e. The van der Waals surface area contributed by atoms with Crippen LogP contribution >= 0.6 is 0 Å². The molecule has 7 aromatic carbocycles. The van der Waals surface area contributed by atoms with Crippen LogP contribution in [0.2, 0.25) is 0 Å². The zero-order chi connectivity index (χ0) is 28.9. The smallest absolute Gasteiger partial charge is 0.0270 e. The fourth-order valence-corrected chi connectivity index (χ4v) is 5.72. The van der Waals surface area contributed by atoms with Gasteiger partial charge in [-0.3, -0.25) is 0 Å². The summed E-state index contributed by atoms with van der Waals surface area (Å²) in [6, 6.07) is 51.4. The Hall–Kier alpha value is -5.47. The Balaban J connectivity index is 0.000000244. The third kappa shape index (κ3) is 5.18. The zero-order valence-corrected chi connectivity index (χ0v) is 23.6. The maximum absolute atomic E-state index is 7.02. The molecule has 0 heterocycles. The molecule has 0 radical (unpaired) electrons. The number of hydrogen-bond donors (Lipinski definition) is 2. The molecule has 0 amide bonds. The van der Waals surface area contributed by atoms with Crippen molar-refractivity contribution in [1.82, 2.24) is 0 Å². The van der Waals surface area contributed by atoms with E-state index in [0.717, 1.165) is 11.1 Å². The second-order valence-corrected chi connectivity index (χ2v) is 10.4. The standard InChI is InChI=1S/C31H22.C9H10N2/c1-21-27-13-7-8-14-29(27)31(26-16-15-23-11-5-6-12-24(23)19-26)30-20-25(17-18-28(21)30)22-9-3-2-4-10-22;10-6-9(7-11)8-4-2-1-3-5-8/h2-20H,1H3;1-7,10H,11H2/b;9-7+,10-6?. The molecular weight excluding hydrogens is 508 g/mol. The van der Waals surface area contributed by atoms with Gasteiger partial charge in [-0.15, -0.1) is 0 Å². The molecule has 0 spiro atoms. The Morgan fingerprint density at radius 1 is 0.524 bits per heavy atom. The number of nitrogens with two attached hydrogens (primary N) is 1. The minimum absolute atomic E-state index is 0.741. The van der Waals surface area contributed by atoms with Crippen molar-refractivity contribution in [3.8, 4) is 22.3 Å². The number of nitrogens with one attached hydrogen (secondary N) is 1. The van der Waals surface area contributed by atoms with Crippen LogP contribution in [0.4, 0.5) is 0 Å². The predicted molar refractivity (Wildman–Crippen MR) is 182 cm³/mol. The van der Waals surface area contributed by atoms with E-state index in [0.29, 0.717) is 0 Å². The van der Waals surface area contributed by atoms with Crippen LogP contribution in [0.3, 0.4) is 0 Å². The van der Waals surface area contributed by atoms with Gasteiger partial charge in [0.2, 0.25) is 0 Å². The van der Waals surface area contributed by atoms with Gasteiger partial charge in [0, 0.05) is 18.0 Å². The van der Waals surface area contributed by atoms with E-state index in [2.05, 4.69) is 122 Å². The fraction of sp³-hybridized carbons (Fsp3) is 0.0250. The van der Waals surface area contributed by atoms with Crippen LogP contribution < -0.4 is 5.73 Å². The van der Waals surface area contributed by atoms with Crippen molar-refractivity contribution < 1.29 is 0 Å². The van der Waals surface area contributed by atoms with Crippen molar-refractivity contribution in [3.05, 3.63) is 163 Å². The van der Waals surface area contributed by atoms with Gasteiger partial charge < -0.3 is 11.1 Å². The SMILES string of the molecule is Cc1c2ccccc2c(-c2ccc3ccccc3c2)c2cc(-c3ccccc3)ccc12.N=C/C(=C\N)c1ccccc1. The summed E-state index contributed by atoms with van der Waals surface area (Å²) in [5.74, 6) is 0. The summed E-state index contributed by atoms with van der Waals surface area (Å²) in [5, 5.41) is 14.8. The number of allylic oxidation sites excluding steroid dienone is 1. The Labute approximate surface area is 246 Å². The highest BCUT2D eigenvalue weighted by Crippen LogP contribution is 2.41. The topological polar surface area (TPSA) is 49.9 Å². The minimum Gasteiger partial charge on any atom is -0.404 e. The van der Waals surface area contributed by atoms with Crippen molar-refractivity contribution in [2.24, 2.45) is 5.73 Å². The van der Waals surface area contributed by atoms with Crippen LogP contribution in [-0.2, 0) is 0 Å². The average molecular weight is 541 g/mol. The van der Waals surface area contributed by atoms with E-state index < -0.39 is 0 Å². The van der Waals surface area contributed by atoms with E-state index in [4.69, 9.17) is 11.1 Å². The van der Waals surface area contributed by atoms with Crippen molar-refractivity contribution in [2.45, 2.75) is 6.92 Å². The van der Waals surface area contributed by atoms with E-state index in [1.165, 1.54) is 72.5 Å². The second-order valence-electron chi connectivity index (χ2n) is 10.4. The third-order valence-corrected chi connectivity index (χ3v) is 7.88. The normalized spacial score (nSPS) is 11.3. The lowest BCUT2D eigenvalue weighted by molar-refractivity contribution is 1.53. The molecule has 7 rings (SSSR count). The van der Waals surface area contributed by atoms with Gasteiger partial charge in [0.15, 0.2) is 0 Å². The number of hydrogen-bond acceptors (Lipinski definition) is 2. The van der Waals surface area contributed by atoms with Crippen LogP contribution in [0.25, 0.3) is 60.1 Å². The quantitative estimate of drug-likeness (QED) is 0.169. The summed E-state index contributed by atoms with van der Waals surface area (Å²) < 4.78 is 0. The molecule has 3 N–H and O–H groups in total.